The molecule has 10 heteroatoms. The second kappa shape index (κ2) is 22.5. The van der Waals surface area contributed by atoms with Crippen LogP contribution >= 0.6 is 22.7 Å². The highest BCUT2D eigenvalue weighted by Crippen LogP contribution is 2.50. The highest BCUT2D eigenvalue weighted by molar-refractivity contribution is 7.27. The van der Waals surface area contributed by atoms with Crippen molar-refractivity contribution in [3.63, 3.8) is 0 Å². The van der Waals surface area contributed by atoms with Crippen molar-refractivity contribution in [2.45, 2.75) is 0 Å². The highest BCUT2D eigenvalue weighted by Gasteiger charge is 2.25. The fraction of sp³-hybridized carbons (Fsp3) is 0. The van der Waals surface area contributed by atoms with E-state index < -0.39 is 18.1 Å². The zero-order chi connectivity index (χ0) is 68.7. The average molecular weight is 1290 g/mol. The van der Waals surface area contributed by atoms with E-state index in [1.54, 1.807) is 24.5 Å². The quantitative estimate of drug-likeness (QED) is 0.158. The summed E-state index contributed by atoms with van der Waals surface area (Å²) in [6.45, 7) is 0. The van der Waals surface area contributed by atoms with Crippen molar-refractivity contribution in [2.75, 3.05) is 0 Å². The van der Waals surface area contributed by atoms with Gasteiger partial charge in [0.2, 0.25) is 0 Å². The molecule has 0 fully saturated rings. The van der Waals surface area contributed by atoms with Gasteiger partial charge in [-0.05, 0) is 119 Å². The lowest BCUT2D eigenvalue weighted by atomic mass is 10.00. The number of fused-ring (bicyclic) bond motifs is 22. The van der Waals surface area contributed by atoms with Gasteiger partial charge in [-0.1, -0.05) is 206 Å². The molecule has 0 aliphatic carbocycles. The third-order valence-corrected chi connectivity index (χ3v) is 21.4. The SMILES string of the molecule is [2H]c1c([2H])c([2H])c(-c2nc(-c3ccc(-n4c5ccccc5c5c6sc7ccccc7c6c6ccccc6c54)cc3)nc3ncccc23)c([2H])c1[2H].c1ccc(-c2ccc(-c3nc(-c4ccc(-n5c6ccccc6c6c7sc8ccccc8c7c7ccccc7c65)cc4)nc4ncccc34)cc2)cc1. The molecule has 0 bridgehead atoms. The number of aromatic nitrogens is 8. The third kappa shape index (κ3) is 8.82. The molecule has 0 spiro atoms. The number of hydrogen-bond acceptors (Lipinski definition) is 8. The van der Waals surface area contributed by atoms with Crippen LogP contribution in [0.15, 0.2) is 316 Å². The lowest BCUT2D eigenvalue weighted by Gasteiger charge is -2.12. The zero-order valence-corrected chi connectivity index (χ0v) is 53.7. The molecule has 21 rings (SSSR count). The molecule has 8 heterocycles. The number of thiophene rings is 2. The molecule has 0 saturated carbocycles. The van der Waals surface area contributed by atoms with E-state index >= 15 is 0 Å². The molecule has 0 amide bonds. The van der Waals surface area contributed by atoms with Crippen LogP contribution in [0.2, 0.25) is 0 Å². The summed E-state index contributed by atoms with van der Waals surface area (Å²) in [6, 6.07) is 93.6. The summed E-state index contributed by atoms with van der Waals surface area (Å²) >= 11 is 3.73. The van der Waals surface area contributed by atoms with Crippen LogP contribution in [0.25, 0.3) is 195 Å². The van der Waals surface area contributed by atoms with Gasteiger partial charge < -0.3 is 9.13 Å². The van der Waals surface area contributed by atoms with E-state index in [0.717, 1.165) is 44.6 Å². The lowest BCUT2D eigenvalue weighted by Crippen LogP contribution is -1.98. The fourth-order valence-corrected chi connectivity index (χ4v) is 17.3. The first-order valence-corrected chi connectivity index (χ1v) is 34.0. The molecule has 21 aromatic rings. The minimum atomic E-state index is -0.452. The first-order chi connectivity index (χ1) is 50.7. The molecule has 0 atom stereocenters. The van der Waals surface area contributed by atoms with Crippen LogP contribution in [0, 0.1) is 0 Å². The Labute approximate surface area is 576 Å². The van der Waals surface area contributed by atoms with Crippen LogP contribution in [0.4, 0.5) is 0 Å². The maximum Gasteiger partial charge on any atom is 0.163 e. The van der Waals surface area contributed by atoms with Crippen molar-refractivity contribution in [1.29, 1.82) is 0 Å². The predicted octanol–water partition coefficient (Wildman–Crippen LogP) is 23.6. The summed E-state index contributed by atoms with van der Waals surface area (Å²) in [5.74, 6) is 0.994. The van der Waals surface area contributed by atoms with Gasteiger partial charge in [-0.25, -0.2) is 29.9 Å². The number of para-hydroxylation sites is 2. The Morgan fingerprint density at radius 3 is 1.14 bits per heavy atom. The summed E-state index contributed by atoms with van der Waals surface area (Å²) in [4.78, 5) is 28.9. The summed E-state index contributed by atoms with van der Waals surface area (Å²) in [5.41, 5.74) is 14.0. The first kappa shape index (κ1) is 50.8. The topological polar surface area (TPSA) is 87.2 Å². The maximum absolute atomic E-state index is 8.65. The van der Waals surface area contributed by atoms with Gasteiger partial charge in [0.25, 0.3) is 0 Å². The Bertz CT molecular complexity index is 7090. The Balaban J connectivity index is 0.000000138. The van der Waals surface area contributed by atoms with Crippen molar-refractivity contribution in [2.24, 2.45) is 0 Å². The molecule has 8 aromatic heterocycles. The first-order valence-electron chi connectivity index (χ1n) is 34.9. The van der Waals surface area contributed by atoms with Crippen molar-refractivity contribution < 1.29 is 6.85 Å². The van der Waals surface area contributed by atoms with Crippen molar-refractivity contribution in [3.8, 4) is 67.8 Å². The van der Waals surface area contributed by atoms with E-state index in [-0.39, 0.29) is 23.3 Å². The largest absolute Gasteiger partial charge is 0.309 e. The molecule has 98 heavy (non-hydrogen) atoms. The van der Waals surface area contributed by atoms with Gasteiger partial charge in [0.1, 0.15) is 0 Å². The van der Waals surface area contributed by atoms with Gasteiger partial charge in [-0.2, -0.15) is 0 Å². The van der Waals surface area contributed by atoms with E-state index in [1.165, 1.54) is 106 Å². The summed E-state index contributed by atoms with van der Waals surface area (Å²) in [6.07, 6.45) is 3.42. The van der Waals surface area contributed by atoms with Crippen molar-refractivity contribution in [1.82, 2.24) is 39.0 Å². The third-order valence-electron chi connectivity index (χ3n) is 19.0. The molecule has 0 N–H and O–H groups in total. The molecule has 0 saturated heterocycles. The van der Waals surface area contributed by atoms with E-state index in [9.17, 15) is 0 Å². The smallest absolute Gasteiger partial charge is 0.163 e. The molecular weight excluding hydrogens is 1230 g/mol. The van der Waals surface area contributed by atoms with Crippen LogP contribution < -0.4 is 0 Å². The molecule has 0 unspecified atom stereocenters. The Hall–Kier alpha value is -12.6. The minimum Gasteiger partial charge on any atom is -0.309 e. The van der Waals surface area contributed by atoms with E-state index in [2.05, 4.69) is 256 Å². The van der Waals surface area contributed by atoms with Gasteiger partial charge in [0, 0.05) is 129 Å². The maximum atomic E-state index is 8.65. The van der Waals surface area contributed by atoms with E-state index in [0.29, 0.717) is 33.9 Å². The summed E-state index contributed by atoms with van der Waals surface area (Å²) in [7, 11) is 0. The second-order valence-corrected chi connectivity index (χ2v) is 26.5. The van der Waals surface area contributed by atoms with Crippen molar-refractivity contribution in [3.05, 3.63) is 316 Å². The van der Waals surface area contributed by atoms with Crippen LogP contribution in [0.3, 0.4) is 0 Å². The predicted molar refractivity (Wildman–Crippen MR) is 411 cm³/mol. The molecule has 0 aliphatic rings. The van der Waals surface area contributed by atoms with Crippen LogP contribution in [-0.4, -0.2) is 39.0 Å². The standard InChI is InChI=1S/C47H28N4S.C41H24N4S/c1-2-11-29(12-3-1)30-20-22-31(23-21-30)43-38-17-10-28-48-47(38)50-46(49-43)32-24-26-33(27-25-32)51-39-18-8-6-15-36(39)42-44(51)35-14-5-4-13-34(35)41-37-16-7-9-19-40(37)52-45(41)42;1-2-11-25(12-3-1)37-32-17-10-24-42-41(32)44-40(43-37)26-20-22-27(23-21-26)45-33-18-8-6-15-30(33)36-38(45)29-14-5-4-13-28(29)35-31-16-7-9-19-34(31)46-39(35)36/h1-28H;1-24H/i;1D,2D,3D,11D,12D. The summed E-state index contributed by atoms with van der Waals surface area (Å²) in [5, 5.41) is 16.6. The van der Waals surface area contributed by atoms with Crippen LogP contribution in [0.5, 0.6) is 0 Å². The van der Waals surface area contributed by atoms with Gasteiger partial charge in [-0.3, -0.25) is 0 Å². The highest BCUT2D eigenvalue weighted by atomic mass is 32.1. The molecule has 0 radical (unpaired) electrons. The van der Waals surface area contributed by atoms with Crippen LogP contribution in [0.1, 0.15) is 6.85 Å². The van der Waals surface area contributed by atoms with E-state index in [4.69, 9.17) is 26.8 Å². The molecule has 0 aliphatic heterocycles. The number of hydrogen-bond donors (Lipinski definition) is 0. The number of benzene rings is 13. The Morgan fingerprint density at radius 2 is 0.653 bits per heavy atom. The zero-order valence-electron chi connectivity index (χ0n) is 57.0. The number of rotatable bonds is 7. The lowest BCUT2D eigenvalue weighted by molar-refractivity contribution is 1.17. The van der Waals surface area contributed by atoms with Crippen LogP contribution in [-0.2, 0) is 0 Å². The monoisotopic (exact) mass is 1290 g/mol. The van der Waals surface area contributed by atoms with E-state index in [1.807, 2.05) is 46.9 Å². The van der Waals surface area contributed by atoms with Crippen molar-refractivity contribution >= 4 is 150 Å². The molecule has 13 aromatic carbocycles. The number of nitrogens with zero attached hydrogens (tertiary/aromatic N) is 8. The Kier molecular flexibility index (Phi) is 11.7. The number of pyridine rings is 2. The average Bonchev–Trinajstić information content (AvgIpc) is 1.55. The van der Waals surface area contributed by atoms with Gasteiger partial charge in [0.05, 0.1) is 40.3 Å². The second-order valence-electron chi connectivity index (χ2n) is 24.4. The van der Waals surface area contributed by atoms with Gasteiger partial charge >= 0.3 is 0 Å². The van der Waals surface area contributed by atoms with Gasteiger partial charge in [0.15, 0.2) is 22.9 Å². The van der Waals surface area contributed by atoms with Gasteiger partial charge in [-0.15, -0.1) is 22.7 Å². The summed E-state index contributed by atoms with van der Waals surface area (Å²) < 4.78 is 51.9. The normalized spacial score (nSPS) is 12.6. The fourth-order valence-electron chi connectivity index (χ4n) is 14.7. The molecule has 456 valence electrons. The molecule has 8 nitrogen and oxygen atoms in total. The minimum absolute atomic E-state index is 0.0176. The molecular formula is C88H52N8S2. The Morgan fingerprint density at radius 1 is 0.276 bits per heavy atom.